The maximum atomic E-state index is 12.4. The summed E-state index contributed by atoms with van der Waals surface area (Å²) in [5.74, 6) is -0.0676. The summed E-state index contributed by atoms with van der Waals surface area (Å²) in [5.41, 5.74) is 6.47. The molecule has 0 saturated heterocycles. The van der Waals surface area contributed by atoms with Gasteiger partial charge in [-0.1, -0.05) is 6.07 Å². The normalized spacial score (nSPS) is 16.5. The number of H-pyrrole nitrogens is 1. The summed E-state index contributed by atoms with van der Waals surface area (Å²) in [4.78, 5) is 15.3. The number of rotatable bonds is 3. The van der Waals surface area contributed by atoms with Crippen molar-refractivity contribution in [1.29, 1.82) is 0 Å². The molecule has 0 radical (unpaired) electrons. The van der Waals surface area contributed by atoms with Gasteiger partial charge in [-0.05, 0) is 68.5 Å². The summed E-state index contributed by atoms with van der Waals surface area (Å²) in [6.07, 6.45) is 6.64. The zero-order valence-corrected chi connectivity index (χ0v) is 14.5. The maximum absolute atomic E-state index is 12.4. The Hall–Kier alpha value is -2.82. The van der Waals surface area contributed by atoms with Gasteiger partial charge in [-0.25, -0.2) is 4.68 Å². The van der Waals surface area contributed by atoms with Crippen LogP contribution in [0.3, 0.4) is 0 Å². The minimum atomic E-state index is -0.0676. The van der Waals surface area contributed by atoms with Crippen LogP contribution in [0.25, 0.3) is 5.69 Å². The number of nitrogens with one attached hydrogen (secondary N) is 2. The van der Waals surface area contributed by atoms with Crippen molar-refractivity contribution in [2.45, 2.75) is 39.2 Å². The van der Waals surface area contributed by atoms with E-state index >= 15 is 0 Å². The molecule has 1 amide bonds. The summed E-state index contributed by atoms with van der Waals surface area (Å²) < 4.78 is 2.03. The fourth-order valence-electron chi connectivity index (χ4n) is 3.71. The number of carbonyl (C=O) groups is 1. The summed E-state index contributed by atoms with van der Waals surface area (Å²) in [6, 6.07) is 10.1. The SMILES string of the molecule is Cc1cc(C)cc(-n2ncc3c2CCC[C@@H]3NC(=O)c2ccc[nH]2)c1. The molecule has 2 aromatic heterocycles. The van der Waals surface area contributed by atoms with Crippen molar-refractivity contribution < 1.29 is 4.79 Å². The van der Waals surface area contributed by atoms with Gasteiger partial charge in [0.15, 0.2) is 0 Å². The summed E-state index contributed by atoms with van der Waals surface area (Å²) in [5, 5.41) is 7.77. The van der Waals surface area contributed by atoms with Crippen LogP contribution < -0.4 is 5.32 Å². The number of amides is 1. The zero-order chi connectivity index (χ0) is 17.4. The van der Waals surface area contributed by atoms with Crippen LogP contribution in [0.15, 0.2) is 42.7 Å². The molecular weight excluding hydrogens is 312 g/mol. The number of nitrogens with zero attached hydrogens (tertiary/aromatic N) is 2. The average molecular weight is 334 g/mol. The van der Waals surface area contributed by atoms with Gasteiger partial charge in [-0.2, -0.15) is 5.10 Å². The number of aryl methyl sites for hydroxylation is 2. The fraction of sp³-hybridized carbons (Fsp3) is 0.300. The number of hydrogen-bond donors (Lipinski definition) is 2. The van der Waals surface area contributed by atoms with Crippen molar-refractivity contribution in [2.24, 2.45) is 0 Å². The molecule has 4 rings (SSSR count). The lowest BCUT2D eigenvalue weighted by molar-refractivity contribution is 0.0928. The molecule has 1 aliphatic rings. The third kappa shape index (κ3) is 2.97. The highest BCUT2D eigenvalue weighted by molar-refractivity contribution is 5.92. The quantitative estimate of drug-likeness (QED) is 0.768. The summed E-state index contributed by atoms with van der Waals surface area (Å²) >= 11 is 0. The molecule has 2 N–H and O–H groups in total. The standard InChI is InChI=1S/C20H22N4O/c1-13-9-14(2)11-15(10-13)24-19-7-3-5-17(16(19)12-22-24)23-20(25)18-6-4-8-21-18/h4,6,8-12,17,21H,3,5,7H2,1-2H3,(H,23,25)/t17-/m0/s1. The highest BCUT2D eigenvalue weighted by Crippen LogP contribution is 2.31. The Morgan fingerprint density at radius 1 is 1.28 bits per heavy atom. The van der Waals surface area contributed by atoms with Crippen LogP contribution in [-0.2, 0) is 6.42 Å². The van der Waals surface area contributed by atoms with Crippen molar-refractivity contribution in [3.8, 4) is 5.69 Å². The monoisotopic (exact) mass is 334 g/mol. The number of benzene rings is 1. The van der Waals surface area contributed by atoms with Gasteiger partial charge in [0, 0.05) is 17.5 Å². The average Bonchev–Trinajstić information content (AvgIpc) is 3.24. The molecule has 25 heavy (non-hydrogen) atoms. The van der Waals surface area contributed by atoms with Gasteiger partial charge in [0.25, 0.3) is 5.91 Å². The van der Waals surface area contributed by atoms with E-state index in [0.717, 1.165) is 30.5 Å². The van der Waals surface area contributed by atoms with E-state index in [9.17, 15) is 4.79 Å². The molecular formula is C20H22N4O. The molecule has 1 atom stereocenters. The van der Waals surface area contributed by atoms with Crippen molar-refractivity contribution in [3.05, 3.63) is 70.8 Å². The van der Waals surface area contributed by atoms with Gasteiger partial charge in [0.2, 0.25) is 0 Å². The Kier molecular flexibility index (Phi) is 3.92. The van der Waals surface area contributed by atoms with E-state index in [1.165, 1.54) is 16.8 Å². The van der Waals surface area contributed by atoms with Gasteiger partial charge in [-0.3, -0.25) is 4.79 Å². The molecule has 1 aliphatic carbocycles. The van der Waals surface area contributed by atoms with Crippen LogP contribution in [0.5, 0.6) is 0 Å². The maximum Gasteiger partial charge on any atom is 0.268 e. The summed E-state index contributed by atoms with van der Waals surface area (Å²) in [7, 11) is 0. The highest BCUT2D eigenvalue weighted by Gasteiger charge is 2.26. The second-order valence-corrected chi connectivity index (χ2v) is 6.81. The molecule has 0 fully saturated rings. The van der Waals surface area contributed by atoms with Crippen molar-refractivity contribution in [3.63, 3.8) is 0 Å². The topological polar surface area (TPSA) is 62.7 Å². The van der Waals surface area contributed by atoms with Gasteiger partial charge < -0.3 is 10.3 Å². The Morgan fingerprint density at radius 2 is 2.08 bits per heavy atom. The fourth-order valence-corrected chi connectivity index (χ4v) is 3.71. The van der Waals surface area contributed by atoms with Crippen molar-refractivity contribution >= 4 is 5.91 Å². The minimum absolute atomic E-state index is 0.0132. The van der Waals surface area contributed by atoms with Crippen LogP contribution in [0.1, 0.15) is 51.8 Å². The Morgan fingerprint density at radius 3 is 2.80 bits per heavy atom. The first-order valence-corrected chi connectivity index (χ1v) is 8.71. The predicted molar refractivity (Wildman–Crippen MR) is 97.0 cm³/mol. The third-order valence-electron chi connectivity index (χ3n) is 4.78. The highest BCUT2D eigenvalue weighted by atomic mass is 16.1. The first-order chi connectivity index (χ1) is 12.1. The number of fused-ring (bicyclic) bond motifs is 1. The molecule has 5 heteroatoms. The van der Waals surface area contributed by atoms with E-state index in [1.54, 1.807) is 12.3 Å². The first-order valence-electron chi connectivity index (χ1n) is 8.71. The van der Waals surface area contributed by atoms with Gasteiger partial charge in [0.1, 0.15) is 5.69 Å². The van der Waals surface area contributed by atoms with Gasteiger partial charge in [0.05, 0.1) is 17.9 Å². The molecule has 0 aliphatic heterocycles. The molecule has 0 unspecified atom stereocenters. The second-order valence-electron chi connectivity index (χ2n) is 6.81. The minimum Gasteiger partial charge on any atom is -0.357 e. The van der Waals surface area contributed by atoms with Crippen LogP contribution in [-0.4, -0.2) is 20.7 Å². The zero-order valence-electron chi connectivity index (χ0n) is 14.5. The molecule has 0 spiro atoms. The lowest BCUT2D eigenvalue weighted by atomic mass is 9.92. The van der Waals surface area contributed by atoms with E-state index in [-0.39, 0.29) is 11.9 Å². The largest absolute Gasteiger partial charge is 0.357 e. The number of hydrogen-bond acceptors (Lipinski definition) is 2. The molecule has 2 heterocycles. The second kappa shape index (κ2) is 6.24. The van der Waals surface area contributed by atoms with E-state index in [0.29, 0.717) is 5.69 Å². The lowest BCUT2D eigenvalue weighted by Crippen LogP contribution is -2.31. The summed E-state index contributed by atoms with van der Waals surface area (Å²) in [6.45, 7) is 4.21. The first kappa shape index (κ1) is 15.7. The van der Waals surface area contributed by atoms with Crippen LogP contribution in [0.2, 0.25) is 0 Å². The van der Waals surface area contributed by atoms with E-state index in [1.807, 2.05) is 16.9 Å². The van der Waals surface area contributed by atoms with Crippen molar-refractivity contribution in [1.82, 2.24) is 20.1 Å². The Balaban J connectivity index is 1.65. The molecule has 128 valence electrons. The van der Waals surface area contributed by atoms with Crippen LogP contribution in [0.4, 0.5) is 0 Å². The van der Waals surface area contributed by atoms with Crippen LogP contribution in [0, 0.1) is 13.8 Å². The predicted octanol–water partition coefficient (Wildman–Crippen LogP) is 3.62. The van der Waals surface area contributed by atoms with Gasteiger partial charge in [-0.15, -0.1) is 0 Å². The van der Waals surface area contributed by atoms with E-state index in [4.69, 9.17) is 0 Å². The number of carbonyl (C=O) groups excluding carboxylic acids is 1. The molecule has 5 nitrogen and oxygen atoms in total. The van der Waals surface area contributed by atoms with Crippen LogP contribution >= 0.6 is 0 Å². The lowest BCUT2D eigenvalue weighted by Gasteiger charge is -2.24. The smallest absolute Gasteiger partial charge is 0.268 e. The van der Waals surface area contributed by atoms with Gasteiger partial charge >= 0.3 is 0 Å². The molecule has 0 bridgehead atoms. The van der Waals surface area contributed by atoms with E-state index in [2.05, 4.69) is 47.4 Å². The van der Waals surface area contributed by atoms with Crippen molar-refractivity contribution in [2.75, 3.05) is 0 Å². The Labute approximate surface area is 147 Å². The Bertz CT molecular complexity index is 888. The number of aromatic amines is 1. The molecule has 3 aromatic rings. The molecule has 1 aromatic carbocycles. The third-order valence-corrected chi connectivity index (χ3v) is 4.78. The molecule has 0 saturated carbocycles. The van der Waals surface area contributed by atoms with E-state index < -0.39 is 0 Å². The number of aromatic nitrogens is 3.